The molecule has 1 heterocycles. The Morgan fingerprint density at radius 3 is 2.79 bits per heavy atom. The van der Waals surface area contributed by atoms with Gasteiger partial charge in [-0.25, -0.2) is 0 Å². The predicted octanol–water partition coefficient (Wildman–Crippen LogP) is 3.66. The lowest BCUT2D eigenvalue weighted by Gasteiger charge is -2.16. The van der Waals surface area contributed by atoms with Gasteiger partial charge < -0.3 is 5.32 Å². The van der Waals surface area contributed by atoms with Crippen LogP contribution in [0.5, 0.6) is 0 Å². The largest absolute Gasteiger partial charge is 0.309 e. The summed E-state index contributed by atoms with van der Waals surface area (Å²) in [5.41, 5.74) is 0. The van der Waals surface area contributed by atoms with Gasteiger partial charge >= 0.3 is 0 Å². The minimum absolute atomic E-state index is 0.632. The van der Waals surface area contributed by atoms with Gasteiger partial charge in [0.1, 0.15) is 0 Å². The maximum Gasteiger partial charge on any atom is 0.0302 e. The summed E-state index contributed by atoms with van der Waals surface area (Å²) in [6, 6.07) is 4.93. The average Bonchev–Trinajstić information content (AvgIpc) is 2.67. The molecule has 0 fully saturated rings. The van der Waals surface area contributed by atoms with E-state index in [9.17, 15) is 0 Å². The van der Waals surface area contributed by atoms with Crippen LogP contribution in [0.15, 0.2) is 17.5 Å². The first-order valence-corrected chi connectivity index (χ1v) is 6.36. The molecule has 1 aromatic heterocycles. The summed E-state index contributed by atoms with van der Waals surface area (Å²) in [5.74, 6) is 0.834. The van der Waals surface area contributed by atoms with Gasteiger partial charge in [0.15, 0.2) is 0 Å². The lowest BCUT2D eigenvalue weighted by molar-refractivity contribution is 0.413. The summed E-state index contributed by atoms with van der Waals surface area (Å²) >= 11 is 1.83. The van der Waals surface area contributed by atoms with Gasteiger partial charge in [-0.1, -0.05) is 26.3 Å². The van der Waals surface area contributed by atoms with Crippen molar-refractivity contribution in [1.82, 2.24) is 5.32 Å². The first kappa shape index (κ1) is 11.7. The van der Waals surface area contributed by atoms with E-state index >= 15 is 0 Å². The lowest BCUT2D eigenvalue weighted by Crippen LogP contribution is -2.26. The van der Waals surface area contributed by atoms with Gasteiger partial charge in [-0.2, -0.15) is 0 Å². The standard InChI is InChI=1S/C12H21NS/c1-4-10(2)8-11(3)13-9-12-6-5-7-14-12/h5-7,10-11,13H,4,8-9H2,1-3H3. The highest BCUT2D eigenvalue weighted by atomic mass is 32.1. The normalized spacial score (nSPS) is 15.4. The molecule has 0 amide bonds. The topological polar surface area (TPSA) is 12.0 Å². The molecule has 0 radical (unpaired) electrons. The van der Waals surface area contributed by atoms with E-state index in [0.29, 0.717) is 6.04 Å². The van der Waals surface area contributed by atoms with Gasteiger partial charge in [-0.05, 0) is 30.7 Å². The Morgan fingerprint density at radius 2 is 2.21 bits per heavy atom. The van der Waals surface area contributed by atoms with E-state index in [1.54, 1.807) is 0 Å². The number of nitrogens with one attached hydrogen (secondary N) is 1. The smallest absolute Gasteiger partial charge is 0.0302 e. The molecule has 2 unspecified atom stereocenters. The summed E-state index contributed by atoms with van der Waals surface area (Å²) < 4.78 is 0. The van der Waals surface area contributed by atoms with Crippen molar-refractivity contribution in [2.45, 2.75) is 46.2 Å². The van der Waals surface area contributed by atoms with E-state index in [4.69, 9.17) is 0 Å². The van der Waals surface area contributed by atoms with Gasteiger partial charge in [-0.3, -0.25) is 0 Å². The Bertz CT molecular complexity index is 230. The van der Waals surface area contributed by atoms with Crippen LogP contribution in [0.2, 0.25) is 0 Å². The molecule has 0 aliphatic heterocycles. The number of hydrogen-bond donors (Lipinski definition) is 1. The highest BCUT2D eigenvalue weighted by Gasteiger charge is 2.06. The molecule has 2 heteroatoms. The number of hydrogen-bond acceptors (Lipinski definition) is 2. The van der Waals surface area contributed by atoms with Crippen molar-refractivity contribution in [2.24, 2.45) is 5.92 Å². The van der Waals surface area contributed by atoms with Crippen molar-refractivity contribution >= 4 is 11.3 Å². The Hall–Kier alpha value is -0.340. The minimum atomic E-state index is 0.632. The molecule has 1 nitrogen and oxygen atoms in total. The molecule has 0 aliphatic carbocycles. The highest BCUT2D eigenvalue weighted by Crippen LogP contribution is 2.11. The first-order valence-electron chi connectivity index (χ1n) is 5.48. The van der Waals surface area contributed by atoms with Crippen LogP contribution in [0, 0.1) is 5.92 Å². The second-order valence-electron chi connectivity index (χ2n) is 4.11. The molecule has 0 aromatic carbocycles. The van der Waals surface area contributed by atoms with Crippen LogP contribution >= 0.6 is 11.3 Å². The Balaban J connectivity index is 2.18. The molecule has 1 rings (SSSR count). The maximum absolute atomic E-state index is 3.56. The molecule has 2 atom stereocenters. The van der Waals surface area contributed by atoms with Crippen LogP contribution in [-0.4, -0.2) is 6.04 Å². The van der Waals surface area contributed by atoms with E-state index in [1.165, 1.54) is 17.7 Å². The van der Waals surface area contributed by atoms with Crippen LogP contribution in [0.25, 0.3) is 0 Å². The lowest BCUT2D eigenvalue weighted by atomic mass is 10.0. The average molecular weight is 211 g/mol. The zero-order valence-electron chi connectivity index (χ0n) is 9.42. The zero-order chi connectivity index (χ0) is 10.4. The molecule has 14 heavy (non-hydrogen) atoms. The fourth-order valence-electron chi connectivity index (χ4n) is 1.54. The third kappa shape index (κ3) is 4.25. The SMILES string of the molecule is CCC(C)CC(C)NCc1cccs1. The zero-order valence-corrected chi connectivity index (χ0v) is 10.2. The van der Waals surface area contributed by atoms with Crippen molar-refractivity contribution < 1.29 is 0 Å². The first-order chi connectivity index (χ1) is 6.72. The van der Waals surface area contributed by atoms with Crippen molar-refractivity contribution in [1.29, 1.82) is 0 Å². The van der Waals surface area contributed by atoms with E-state index in [2.05, 4.69) is 43.6 Å². The minimum Gasteiger partial charge on any atom is -0.309 e. The predicted molar refractivity (Wildman–Crippen MR) is 64.7 cm³/mol. The molecule has 0 aliphatic rings. The second kappa shape index (κ2) is 6.20. The molecule has 1 N–H and O–H groups in total. The van der Waals surface area contributed by atoms with Crippen LogP contribution in [0.4, 0.5) is 0 Å². The summed E-state index contributed by atoms with van der Waals surface area (Å²) in [7, 11) is 0. The summed E-state index contributed by atoms with van der Waals surface area (Å²) in [5, 5.41) is 5.70. The number of thiophene rings is 1. The fraction of sp³-hybridized carbons (Fsp3) is 0.667. The molecule has 0 spiro atoms. The molecule has 0 bridgehead atoms. The van der Waals surface area contributed by atoms with Gasteiger partial charge in [0.05, 0.1) is 0 Å². The van der Waals surface area contributed by atoms with Crippen molar-refractivity contribution in [2.75, 3.05) is 0 Å². The van der Waals surface area contributed by atoms with Crippen molar-refractivity contribution in [3.63, 3.8) is 0 Å². The third-order valence-electron chi connectivity index (χ3n) is 2.66. The van der Waals surface area contributed by atoms with Crippen LogP contribution < -0.4 is 5.32 Å². The molecule has 80 valence electrons. The summed E-state index contributed by atoms with van der Waals surface area (Å²) in [6.07, 6.45) is 2.56. The molecule has 0 saturated carbocycles. The molecule has 1 aromatic rings. The number of rotatable bonds is 6. The van der Waals surface area contributed by atoms with Crippen LogP contribution in [0.3, 0.4) is 0 Å². The summed E-state index contributed by atoms with van der Waals surface area (Å²) in [6.45, 7) is 7.88. The van der Waals surface area contributed by atoms with E-state index in [1.807, 2.05) is 11.3 Å². The Morgan fingerprint density at radius 1 is 1.43 bits per heavy atom. The highest BCUT2D eigenvalue weighted by molar-refractivity contribution is 7.09. The van der Waals surface area contributed by atoms with Gasteiger partial charge in [0.25, 0.3) is 0 Å². The molecular weight excluding hydrogens is 190 g/mol. The fourth-order valence-corrected chi connectivity index (χ4v) is 2.20. The quantitative estimate of drug-likeness (QED) is 0.757. The maximum atomic E-state index is 3.56. The monoisotopic (exact) mass is 211 g/mol. The Kier molecular flexibility index (Phi) is 5.20. The van der Waals surface area contributed by atoms with E-state index in [-0.39, 0.29) is 0 Å². The van der Waals surface area contributed by atoms with Gasteiger partial charge in [0, 0.05) is 17.5 Å². The Labute approximate surface area is 91.5 Å². The van der Waals surface area contributed by atoms with Crippen molar-refractivity contribution in [3.8, 4) is 0 Å². The van der Waals surface area contributed by atoms with Crippen LogP contribution in [0.1, 0.15) is 38.5 Å². The second-order valence-corrected chi connectivity index (χ2v) is 5.14. The van der Waals surface area contributed by atoms with Gasteiger partial charge in [0.2, 0.25) is 0 Å². The van der Waals surface area contributed by atoms with E-state index < -0.39 is 0 Å². The van der Waals surface area contributed by atoms with Gasteiger partial charge in [-0.15, -0.1) is 11.3 Å². The van der Waals surface area contributed by atoms with Crippen LogP contribution in [-0.2, 0) is 6.54 Å². The molecular formula is C12H21NS. The third-order valence-corrected chi connectivity index (χ3v) is 3.53. The van der Waals surface area contributed by atoms with E-state index in [0.717, 1.165) is 12.5 Å². The van der Waals surface area contributed by atoms with Crippen molar-refractivity contribution in [3.05, 3.63) is 22.4 Å². The summed E-state index contributed by atoms with van der Waals surface area (Å²) in [4.78, 5) is 1.43. The molecule has 0 saturated heterocycles.